The fraction of sp³-hybridized carbons (Fsp3) is 0.357. The maximum atomic E-state index is 13.7. The highest BCUT2D eigenvalue weighted by molar-refractivity contribution is 5.98. The summed E-state index contributed by atoms with van der Waals surface area (Å²) in [6.07, 6.45) is 6.35. The van der Waals surface area contributed by atoms with Crippen LogP contribution in [0.25, 0.3) is 6.08 Å². The van der Waals surface area contributed by atoms with Gasteiger partial charge in [-0.3, -0.25) is 14.5 Å². The molecule has 2 aromatic heterocycles. The third-order valence-electron chi connectivity index (χ3n) is 6.77. The van der Waals surface area contributed by atoms with Crippen molar-refractivity contribution in [1.82, 2.24) is 14.4 Å². The molecule has 0 bridgehead atoms. The zero-order chi connectivity index (χ0) is 25.7. The Labute approximate surface area is 211 Å². The minimum Gasteiger partial charge on any atom is -0.497 e. The first-order valence-electron chi connectivity index (χ1n) is 12.1. The molecule has 3 aromatic rings. The number of methoxy groups -OCH3 is 2. The van der Waals surface area contributed by atoms with Crippen LogP contribution in [0, 0.1) is 0 Å². The molecule has 0 N–H and O–H groups in total. The molecule has 0 aliphatic carbocycles. The monoisotopic (exact) mass is 491 g/mol. The van der Waals surface area contributed by atoms with Crippen molar-refractivity contribution >= 4 is 12.0 Å². The Morgan fingerprint density at radius 3 is 2.58 bits per heavy atom. The Hall–Kier alpha value is -3.78. The number of nitrogens with zero attached hydrogens (tertiary/aromatic N) is 3. The smallest absolute Gasteiger partial charge is 0.259 e. The van der Waals surface area contributed by atoms with Crippen LogP contribution in [-0.2, 0) is 13.0 Å². The molecule has 36 heavy (non-hydrogen) atoms. The van der Waals surface area contributed by atoms with E-state index in [2.05, 4.69) is 17.1 Å². The molecule has 0 radical (unpaired) electrons. The summed E-state index contributed by atoms with van der Waals surface area (Å²) in [4.78, 5) is 30.5. The predicted octanol–water partition coefficient (Wildman–Crippen LogP) is 3.86. The SMILES string of the molecule is COc1ccc(/C=C/CN2CCc3c(C(=O)N(C)[C@H](C)c4ccco4)c(OC)cc(=O)n3CC2)cc1. The molecule has 0 unspecified atom stereocenters. The van der Waals surface area contributed by atoms with E-state index in [1.807, 2.05) is 37.3 Å². The second kappa shape index (κ2) is 11.3. The van der Waals surface area contributed by atoms with E-state index in [0.29, 0.717) is 42.3 Å². The number of benzene rings is 1. The van der Waals surface area contributed by atoms with Crippen LogP contribution in [-0.4, -0.2) is 61.2 Å². The van der Waals surface area contributed by atoms with Crippen LogP contribution < -0.4 is 15.0 Å². The van der Waals surface area contributed by atoms with Crippen molar-refractivity contribution < 1.29 is 18.7 Å². The second-order valence-electron chi connectivity index (χ2n) is 8.86. The molecule has 1 aromatic carbocycles. The van der Waals surface area contributed by atoms with Crippen molar-refractivity contribution in [2.45, 2.75) is 25.9 Å². The van der Waals surface area contributed by atoms with E-state index in [1.54, 1.807) is 36.0 Å². The van der Waals surface area contributed by atoms with Gasteiger partial charge in [-0.1, -0.05) is 24.3 Å². The van der Waals surface area contributed by atoms with Gasteiger partial charge in [-0.15, -0.1) is 0 Å². The molecular weight excluding hydrogens is 458 g/mol. The van der Waals surface area contributed by atoms with Gasteiger partial charge in [0.15, 0.2) is 0 Å². The van der Waals surface area contributed by atoms with Crippen molar-refractivity contribution in [1.29, 1.82) is 0 Å². The largest absolute Gasteiger partial charge is 0.497 e. The summed E-state index contributed by atoms with van der Waals surface area (Å²) in [5.74, 6) is 1.63. The molecule has 3 heterocycles. The standard InChI is InChI=1S/C28H33N3O5/c1-20(24-8-6-18-36-24)29(2)28(33)27-23-13-15-30(16-17-31(23)26(32)19-25(27)35-4)14-5-7-21-9-11-22(34-3)12-10-21/h5-12,18-20H,13-17H2,1-4H3/b7-5+/t20-/m1/s1. The Morgan fingerprint density at radius 1 is 1.14 bits per heavy atom. The quantitative estimate of drug-likeness (QED) is 0.476. The Bertz CT molecular complexity index is 1260. The van der Waals surface area contributed by atoms with Crippen LogP contribution in [0.3, 0.4) is 0 Å². The van der Waals surface area contributed by atoms with Crippen molar-refractivity contribution in [2.75, 3.05) is 40.9 Å². The number of furan rings is 1. The van der Waals surface area contributed by atoms with Gasteiger partial charge in [-0.05, 0) is 36.8 Å². The highest BCUT2D eigenvalue weighted by Crippen LogP contribution is 2.28. The number of ether oxygens (including phenoxy) is 2. The van der Waals surface area contributed by atoms with Crippen LogP contribution in [0.5, 0.6) is 11.5 Å². The summed E-state index contributed by atoms with van der Waals surface area (Å²) >= 11 is 0. The van der Waals surface area contributed by atoms with Gasteiger partial charge in [0, 0.05) is 51.4 Å². The number of aromatic nitrogens is 1. The lowest BCUT2D eigenvalue weighted by atomic mass is 10.1. The number of carbonyl (C=O) groups excluding carboxylic acids is 1. The molecule has 0 spiro atoms. The van der Waals surface area contributed by atoms with Crippen LogP contribution in [0.1, 0.15) is 40.3 Å². The van der Waals surface area contributed by atoms with E-state index in [-0.39, 0.29) is 17.5 Å². The number of pyridine rings is 1. The Balaban J connectivity index is 1.53. The van der Waals surface area contributed by atoms with E-state index >= 15 is 0 Å². The molecule has 1 atom stereocenters. The molecule has 1 aliphatic rings. The van der Waals surface area contributed by atoms with Gasteiger partial charge in [-0.2, -0.15) is 0 Å². The summed E-state index contributed by atoms with van der Waals surface area (Å²) < 4.78 is 17.9. The summed E-state index contributed by atoms with van der Waals surface area (Å²) in [7, 11) is 4.88. The van der Waals surface area contributed by atoms with Gasteiger partial charge in [-0.25, -0.2) is 0 Å². The first-order chi connectivity index (χ1) is 17.4. The van der Waals surface area contributed by atoms with E-state index in [0.717, 1.165) is 24.4 Å². The van der Waals surface area contributed by atoms with Gasteiger partial charge in [0.05, 0.1) is 26.5 Å². The lowest BCUT2D eigenvalue weighted by molar-refractivity contribution is 0.0720. The van der Waals surface area contributed by atoms with Crippen LogP contribution in [0.15, 0.2) is 64.0 Å². The van der Waals surface area contributed by atoms with E-state index in [4.69, 9.17) is 13.9 Å². The van der Waals surface area contributed by atoms with Gasteiger partial charge in [0.25, 0.3) is 11.5 Å². The fourth-order valence-electron chi connectivity index (χ4n) is 4.49. The predicted molar refractivity (Wildman–Crippen MR) is 139 cm³/mol. The number of hydrogen-bond acceptors (Lipinski definition) is 6. The molecule has 1 amide bonds. The zero-order valence-corrected chi connectivity index (χ0v) is 21.3. The number of fused-ring (bicyclic) bond motifs is 1. The Morgan fingerprint density at radius 2 is 1.92 bits per heavy atom. The normalized spacial score (nSPS) is 14.8. The second-order valence-corrected chi connectivity index (χ2v) is 8.86. The molecular formula is C28H33N3O5. The van der Waals surface area contributed by atoms with Gasteiger partial charge < -0.3 is 23.4 Å². The molecule has 0 saturated heterocycles. The Kier molecular flexibility index (Phi) is 7.95. The molecule has 8 nitrogen and oxygen atoms in total. The summed E-state index contributed by atoms with van der Waals surface area (Å²) in [6.45, 7) is 4.58. The third-order valence-corrected chi connectivity index (χ3v) is 6.77. The minimum absolute atomic E-state index is 0.157. The molecule has 0 fully saturated rings. The van der Waals surface area contributed by atoms with Crippen molar-refractivity contribution in [3.63, 3.8) is 0 Å². The molecule has 0 saturated carbocycles. The van der Waals surface area contributed by atoms with E-state index in [1.165, 1.54) is 13.2 Å². The number of hydrogen-bond donors (Lipinski definition) is 0. The maximum Gasteiger partial charge on any atom is 0.259 e. The first kappa shape index (κ1) is 25.3. The van der Waals surface area contributed by atoms with Crippen molar-refractivity contribution in [3.8, 4) is 11.5 Å². The topological polar surface area (TPSA) is 77.2 Å². The van der Waals surface area contributed by atoms with Crippen molar-refractivity contribution in [3.05, 3.63) is 87.7 Å². The minimum atomic E-state index is -0.268. The number of rotatable bonds is 8. The molecule has 1 aliphatic heterocycles. The average Bonchev–Trinajstić information content (AvgIpc) is 3.36. The van der Waals surface area contributed by atoms with Crippen molar-refractivity contribution in [2.24, 2.45) is 0 Å². The van der Waals surface area contributed by atoms with Crippen LogP contribution >= 0.6 is 0 Å². The summed E-state index contributed by atoms with van der Waals surface area (Å²) in [6, 6.07) is 12.7. The van der Waals surface area contributed by atoms with Gasteiger partial charge in [0.2, 0.25) is 0 Å². The maximum absolute atomic E-state index is 13.7. The number of amides is 1. The third kappa shape index (κ3) is 5.39. The van der Waals surface area contributed by atoms with E-state index < -0.39 is 0 Å². The van der Waals surface area contributed by atoms with Gasteiger partial charge >= 0.3 is 0 Å². The fourth-order valence-corrected chi connectivity index (χ4v) is 4.49. The molecule has 190 valence electrons. The van der Waals surface area contributed by atoms with Crippen LogP contribution in [0.4, 0.5) is 0 Å². The van der Waals surface area contributed by atoms with Crippen LogP contribution in [0.2, 0.25) is 0 Å². The highest BCUT2D eigenvalue weighted by atomic mass is 16.5. The lowest BCUT2D eigenvalue weighted by Gasteiger charge is -2.26. The molecule has 8 heteroatoms. The highest BCUT2D eigenvalue weighted by Gasteiger charge is 2.29. The average molecular weight is 492 g/mol. The van der Waals surface area contributed by atoms with E-state index in [9.17, 15) is 9.59 Å². The number of carbonyl (C=O) groups is 1. The lowest BCUT2D eigenvalue weighted by Crippen LogP contribution is -2.34. The summed E-state index contributed by atoms with van der Waals surface area (Å²) in [5, 5.41) is 0. The zero-order valence-electron chi connectivity index (χ0n) is 21.3. The van der Waals surface area contributed by atoms with Gasteiger partial charge in [0.1, 0.15) is 22.8 Å². The summed E-state index contributed by atoms with van der Waals surface area (Å²) in [5.41, 5.74) is 2.09. The molecule has 4 rings (SSSR count). The first-order valence-corrected chi connectivity index (χ1v) is 12.1.